The van der Waals surface area contributed by atoms with Crippen LogP contribution in [0.2, 0.25) is 0 Å². The van der Waals surface area contributed by atoms with Crippen molar-refractivity contribution in [2.45, 2.75) is 42.2 Å². The van der Waals surface area contributed by atoms with Gasteiger partial charge in [-0.1, -0.05) is 35.6 Å². The van der Waals surface area contributed by atoms with E-state index in [0.717, 1.165) is 21.9 Å². The summed E-state index contributed by atoms with van der Waals surface area (Å²) in [6, 6.07) is 4.18. The lowest BCUT2D eigenvalue weighted by atomic mass is 9.86. The first-order chi connectivity index (χ1) is 11.3. The average Bonchev–Trinajstić information content (AvgIpc) is 3.30. The first-order valence-electron chi connectivity index (χ1n) is 8.05. The van der Waals surface area contributed by atoms with Crippen molar-refractivity contribution in [3.05, 3.63) is 22.4 Å². The fourth-order valence-electron chi connectivity index (χ4n) is 3.88. The van der Waals surface area contributed by atoms with Crippen LogP contribution in [0.5, 0.6) is 0 Å². The first kappa shape index (κ1) is 15.6. The number of rotatable bonds is 6. The number of hydrogen-bond acceptors (Lipinski definition) is 6. The van der Waals surface area contributed by atoms with Crippen LogP contribution in [0.4, 0.5) is 5.13 Å². The number of carbonyl (C=O) groups excluding carboxylic acids is 1. The molecule has 0 aliphatic heterocycles. The summed E-state index contributed by atoms with van der Waals surface area (Å²) in [6.45, 7) is 0. The van der Waals surface area contributed by atoms with E-state index in [1.165, 1.54) is 41.9 Å². The number of thiophene rings is 1. The minimum atomic E-state index is 0.105. The Morgan fingerprint density at radius 3 is 3.04 bits per heavy atom. The number of thioether (sulfide) groups is 1. The van der Waals surface area contributed by atoms with Crippen molar-refractivity contribution in [3.8, 4) is 0 Å². The van der Waals surface area contributed by atoms with Crippen LogP contribution in [-0.4, -0.2) is 16.1 Å². The summed E-state index contributed by atoms with van der Waals surface area (Å²) in [7, 11) is 0. The quantitative estimate of drug-likeness (QED) is 0.598. The fraction of sp³-hybridized carbons (Fsp3) is 0.562. The molecule has 2 aliphatic carbocycles. The van der Waals surface area contributed by atoms with Crippen molar-refractivity contribution in [1.29, 1.82) is 0 Å². The second-order valence-corrected chi connectivity index (χ2v) is 9.66. The largest absolute Gasteiger partial charge is 0.300 e. The minimum Gasteiger partial charge on any atom is -0.300 e. The zero-order valence-electron chi connectivity index (χ0n) is 12.7. The third-order valence-electron chi connectivity index (χ3n) is 4.90. The molecule has 7 heteroatoms. The van der Waals surface area contributed by atoms with Crippen LogP contribution in [0.15, 0.2) is 21.9 Å². The molecule has 2 heterocycles. The zero-order chi connectivity index (χ0) is 15.6. The molecular formula is C16H19N3OS3. The van der Waals surface area contributed by atoms with E-state index in [4.69, 9.17) is 0 Å². The van der Waals surface area contributed by atoms with Gasteiger partial charge in [-0.15, -0.1) is 21.5 Å². The van der Waals surface area contributed by atoms with Crippen molar-refractivity contribution in [1.82, 2.24) is 10.2 Å². The molecule has 4 rings (SSSR count). The summed E-state index contributed by atoms with van der Waals surface area (Å²) in [5, 5.41) is 13.9. The number of anilines is 1. The van der Waals surface area contributed by atoms with Gasteiger partial charge in [0.25, 0.3) is 0 Å². The summed E-state index contributed by atoms with van der Waals surface area (Å²) in [5.41, 5.74) is 0. The van der Waals surface area contributed by atoms with E-state index in [1.54, 1.807) is 23.1 Å². The van der Waals surface area contributed by atoms with Gasteiger partial charge in [0, 0.05) is 17.1 Å². The summed E-state index contributed by atoms with van der Waals surface area (Å²) in [6.07, 6.45) is 5.95. The van der Waals surface area contributed by atoms with E-state index in [-0.39, 0.29) is 5.91 Å². The SMILES string of the molecule is O=C(CC1CC2CCC1C2)Nc1nnc(SCc2cccs2)s1. The predicted molar refractivity (Wildman–Crippen MR) is 96.0 cm³/mol. The highest BCUT2D eigenvalue weighted by atomic mass is 32.2. The van der Waals surface area contributed by atoms with Crippen LogP contribution in [0.25, 0.3) is 0 Å². The number of nitrogens with one attached hydrogen (secondary N) is 1. The van der Waals surface area contributed by atoms with Crippen LogP contribution >= 0.6 is 34.4 Å². The Hall–Kier alpha value is -0.920. The molecule has 3 unspecified atom stereocenters. The number of nitrogens with zero attached hydrogens (tertiary/aromatic N) is 2. The van der Waals surface area contributed by atoms with E-state index < -0.39 is 0 Å². The number of carbonyl (C=O) groups is 1. The van der Waals surface area contributed by atoms with Gasteiger partial charge < -0.3 is 5.32 Å². The molecular weight excluding hydrogens is 346 g/mol. The topological polar surface area (TPSA) is 54.9 Å². The number of aromatic nitrogens is 2. The standard InChI is InChI=1S/C16H19N3OS3/c20-14(8-12-7-10-3-4-11(12)6-10)17-15-18-19-16(23-15)22-9-13-2-1-5-21-13/h1-2,5,10-12H,3-4,6-9H2,(H,17,18,20). The summed E-state index contributed by atoms with van der Waals surface area (Å²) >= 11 is 4.89. The maximum Gasteiger partial charge on any atom is 0.226 e. The smallest absolute Gasteiger partial charge is 0.226 e. The van der Waals surface area contributed by atoms with Gasteiger partial charge in [-0.2, -0.15) is 0 Å². The second-order valence-electron chi connectivity index (χ2n) is 6.43. The van der Waals surface area contributed by atoms with Gasteiger partial charge >= 0.3 is 0 Å². The monoisotopic (exact) mass is 365 g/mol. The van der Waals surface area contributed by atoms with E-state index >= 15 is 0 Å². The van der Waals surface area contributed by atoms with Gasteiger partial charge in [-0.3, -0.25) is 4.79 Å². The third kappa shape index (κ3) is 3.78. The van der Waals surface area contributed by atoms with Crippen LogP contribution in [0, 0.1) is 17.8 Å². The molecule has 2 aliphatic rings. The van der Waals surface area contributed by atoms with Crippen molar-refractivity contribution in [2.24, 2.45) is 17.8 Å². The lowest BCUT2D eigenvalue weighted by Crippen LogP contribution is -2.20. The van der Waals surface area contributed by atoms with Crippen molar-refractivity contribution < 1.29 is 4.79 Å². The van der Waals surface area contributed by atoms with Gasteiger partial charge in [-0.05, 0) is 48.5 Å². The molecule has 2 aromatic heterocycles. The van der Waals surface area contributed by atoms with Crippen molar-refractivity contribution >= 4 is 45.5 Å². The molecule has 122 valence electrons. The van der Waals surface area contributed by atoms with Gasteiger partial charge in [0.1, 0.15) is 0 Å². The fourth-order valence-corrected chi connectivity index (χ4v) is 6.42. The summed E-state index contributed by atoms with van der Waals surface area (Å²) < 4.78 is 0.911. The van der Waals surface area contributed by atoms with Crippen LogP contribution in [0.3, 0.4) is 0 Å². The van der Waals surface area contributed by atoms with E-state index in [1.807, 2.05) is 0 Å². The molecule has 0 saturated heterocycles. The Morgan fingerprint density at radius 2 is 2.30 bits per heavy atom. The molecule has 0 aromatic carbocycles. The Balaban J connectivity index is 1.26. The molecule has 2 fully saturated rings. The van der Waals surface area contributed by atoms with Crippen molar-refractivity contribution in [2.75, 3.05) is 5.32 Å². The average molecular weight is 366 g/mol. The molecule has 1 amide bonds. The van der Waals surface area contributed by atoms with E-state index in [9.17, 15) is 4.79 Å². The maximum absolute atomic E-state index is 12.2. The van der Waals surface area contributed by atoms with Gasteiger partial charge in [0.05, 0.1) is 0 Å². The van der Waals surface area contributed by atoms with E-state index in [0.29, 0.717) is 17.5 Å². The molecule has 4 nitrogen and oxygen atoms in total. The number of hydrogen-bond donors (Lipinski definition) is 1. The zero-order valence-corrected chi connectivity index (χ0v) is 15.2. The molecule has 23 heavy (non-hydrogen) atoms. The first-order valence-corrected chi connectivity index (χ1v) is 10.7. The second kappa shape index (κ2) is 6.91. The Kier molecular flexibility index (Phi) is 4.68. The molecule has 3 atom stereocenters. The van der Waals surface area contributed by atoms with Crippen LogP contribution in [0.1, 0.15) is 37.0 Å². The highest BCUT2D eigenvalue weighted by molar-refractivity contribution is 8.00. The van der Waals surface area contributed by atoms with Gasteiger partial charge in [0.2, 0.25) is 11.0 Å². The molecule has 1 N–H and O–H groups in total. The lowest BCUT2D eigenvalue weighted by molar-refractivity contribution is -0.117. The van der Waals surface area contributed by atoms with Crippen LogP contribution < -0.4 is 5.32 Å². The van der Waals surface area contributed by atoms with Crippen LogP contribution in [-0.2, 0) is 10.5 Å². The Bertz CT molecular complexity index is 670. The molecule has 0 spiro atoms. The summed E-state index contributed by atoms with van der Waals surface area (Å²) in [5.74, 6) is 3.28. The molecule has 0 radical (unpaired) electrons. The maximum atomic E-state index is 12.2. The third-order valence-corrected chi connectivity index (χ3v) is 7.98. The lowest BCUT2D eigenvalue weighted by Gasteiger charge is -2.20. The van der Waals surface area contributed by atoms with Gasteiger partial charge in [-0.25, -0.2) is 0 Å². The Labute approximate surface area is 148 Å². The Morgan fingerprint density at radius 1 is 1.35 bits per heavy atom. The normalized spacial score (nSPS) is 25.8. The summed E-state index contributed by atoms with van der Waals surface area (Å²) in [4.78, 5) is 13.5. The number of fused-ring (bicyclic) bond motifs is 2. The van der Waals surface area contributed by atoms with Gasteiger partial charge in [0.15, 0.2) is 4.34 Å². The molecule has 2 saturated carbocycles. The minimum absolute atomic E-state index is 0.105. The number of amides is 1. The molecule has 2 bridgehead atoms. The predicted octanol–water partition coefficient (Wildman–Crippen LogP) is 4.66. The van der Waals surface area contributed by atoms with Crippen molar-refractivity contribution in [3.63, 3.8) is 0 Å². The van der Waals surface area contributed by atoms with E-state index in [2.05, 4.69) is 33.0 Å². The molecule has 2 aromatic rings. The highest BCUT2D eigenvalue weighted by Gasteiger charge is 2.40. The highest BCUT2D eigenvalue weighted by Crippen LogP contribution is 2.49.